The van der Waals surface area contributed by atoms with E-state index in [1.165, 1.54) is 5.69 Å². The fourth-order valence-corrected chi connectivity index (χ4v) is 4.58. The van der Waals surface area contributed by atoms with Crippen molar-refractivity contribution in [2.24, 2.45) is 18.8 Å². The lowest BCUT2D eigenvalue weighted by atomic mass is 9.96. The fraction of sp³-hybridized carbons (Fsp3) is 0.750. The molecule has 0 saturated carbocycles. The summed E-state index contributed by atoms with van der Waals surface area (Å²) in [5.74, 6) is 6.47. The van der Waals surface area contributed by atoms with Gasteiger partial charge >= 0.3 is 0 Å². The Morgan fingerprint density at radius 2 is 2.42 bits per heavy atom. The summed E-state index contributed by atoms with van der Waals surface area (Å²) in [6, 6.07) is 2.15. The molecule has 2 unspecified atom stereocenters. The van der Waals surface area contributed by atoms with Crippen LogP contribution in [0.1, 0.15) is 25.0 Å². The predicted octanol–water partition coefficient (Wildman–Crippen LogP) is 0.00940. The SMILES string of the molecule is Cn1nccc1CCC(CC1CCS(=O)(=O)C1)NN. The number of nitrogens with one attached hydrogen (secondary N) is 1. The van der Waals surface area contributed by atoms with Gasteiger partial charge in [0, 0.05) is 25.0 Å². The summed E-state index contributed by atoms with van der Waals surface area (Å²) in [6.07, 6.45) is 5.17. The molecule has 3 N–H and O–H groups in total. The van der Waals surface area contributed by atoms with Gasteiger partial charge in [-0.2, -0.15) is 5.10 Å². The first-order valence-corrected chi connectivity index (χ1v) is 8.46. The zero-order valence-electron chi connectivity index (χ0n) is 11.2. The van der Waals surface area contributed by atoms with E-state index in [2.05, 4.69) is 10.5 Å². The Bertz CT molecular complexity index is 512. The number of hydrazine groups is 1. The molecule has 0 aromatic carbocycles. The monoisotopic (exact) mass is 286 g/mol. The third kappa shape index (κ3) is 4.02. The van der Waals surface area contributed by atoms with Gasteiger partial charge in [-0.3, -0.25) is 16.0 Å². The van der Waals surface area contributed by atoms with E-state index in [1.807, 2.05) is 17.8 Å². The highest BCUT2D eigenvalue weighted by Gasteiger charge is 2.29. The van der Waals surface area contributed by atoms with Crippen LogP contribution >= 0.6 is 0 Å². The standard InChI is InChI=1S/C12H22N4O2S/c1-16-12(4-6-14-16)3-2-11(15-13)8-10-5-7-19(17,18)9-10/h4,6,10-11,15H,2-3,5,7-9,13H2,1H3. The van der Waals surface area contributed by atoms with Crippen LogP contribution in [-0.2, 0) is 23.3 Å². The Morgan fingerprint density at radius 1 is 1.63 bits per heavy atom. The van der Waals surface area contributed by atoms with Crippen LogP contribution in [0, 0.1) is 5.92 Å². The number of hydrogen-bond acceptors (Lipinski definition) is 5. The molecule has 0 amide bonds. The van der Waals surface area contributed by atoms with Crippen molar-refractivity contribution in [3.8, 4) is 0 Å². The van der Waals surface area contributed by atoms with Gasteiger partial charge in [-0.1, -0.05) is 0 Å². The average molecular weight is 286 g/mol. The van der Waals surface area contributed by atoms with E-state index in [1.54, 1.807) is 6.20 Å². The first-order valence-electron chi connectivity index (χ1n) is 6.63. The van der Waals surface area contributed by atoms with Crippen LogP contribution in [0.3, 0.4) is 0 Å². The molecule has 1 aliphatic heterocycles. The summed E-state index contributed by atoms with van der Waals surface area (Å²) >= 11 is 0. The molecule has 1 fully saturated rings. The number of aromatic nitrogens is 2. The normalized spacial score (nSPS) is 23.6. The van der Waals surface area contributed by atoms with Crippen molar-refractivity contribution < 1.29 is 8.42 Å². The second-order valence-corrected chi connectivity index (χ2v) is 7.58. The highest BCUT2D eigenvalue weighted by Crippen LogP contribution is 2.24. The maximum Gasteiger partial charge on any atom is 0.150 e. The molecular formula is C12H22N4O2S. The van der Waals surface area contributed by atoms with Crippen molar-refractivity contribution >= 4 is 9.84 Å². The second kappa shape index (κ2) is 6.02. The largest absolute Gasteiger partial charge is 0.273 e. The fourth-order valence-electron chi connectivity index (χ4n) is 2.70. The van der Waals surface area contributed by atoms with Gasteiger partial charge in [-0.15, -0.1) is 0 Å². The van der Waals surface area contributed by atoms with Gasteiger partial charge in [0.05, 0.1) is 11.5 Å². The van der Waals surface area contributed by atoms with Crippen LogP contribution in [0.5, 0.6) is 0 Å². The summed E-state index contributed by atoms with van der Waals surface area (Å²) in [5, 5.41) is 4.13. The van der Waals surface area contributed by atoms with Crippen LogP contribution < -0.4 is 11.3 Å². The Morgan fingerprint density at radius 3 is 2.95 bits per heavy atom. The van der Waals surface area contributed by atoms with Gasteiger partial charge in [-0.25, -0.2) is 8.42 Å². The molecule has 7 heteroatoms. The maximum atomic E-state index is 11.4. The third-order valence-corrected chi connectivity index (χ3v) is 5.69. The first kappa shape index (κ1) is 14.5. The van der Waals surface area contributed by atoms with Gasteiger partial charge in [0.2, 0.25) is 0 Å². The van der Waals surface area contributed by atoms with Gasteiger partial charge in [0.15, 0.2) is 9.84 Å². The first-order chi connectivity index (χ1) is 9.00. The number of nitrogens with zero attached hydrogens (tertiary/aromatic N) is 2. The molecular weight excluding hydrogens is 264 g/mol. The molecule has 2 heterocycles. The smallest absolute Gasteiger partial charge is 0.150 e. The van der Waals surface area contributed by atoms with E-state index in [0.717, 1.165) is 25.7 Å². The van der Waals surface area contributed by atoms with Crippen LogP contribution in [-0.4, -0.2) is 35.7 Å². The van der Waals surface area contributed by atoms with Gasteiger partial charge in [0.25, 0.3) is 0 Å². The average Bonchev–Trinajstić information content (AvgIpc) is 2.91. The number of nitrogens with two attached hydrogens (primary N) is 1. The number of aryl methyl sites for hydroxylation is 2. The quantitative estimate of drug-likeness (QED) is 0.568. The summed E-state index contributed by atoms with van der Waals surface area (Å²) in [5.41, 5.74) is 3.98. The summed E-state index contributed by atoms with van der Waals surface area (Å²) in [7, 11) is -0.876. The minimum Gasteiger partial charge on any atom is -0.273 e. The molecule has 1 aliphatic rings. The van der Waals surface area contributed by atoms with Gasteiger partial charge in [-0.05, 0) is 37.7 Å². The highest BCUT2D eigenvalue weighted by atomic mass is 32.2. The molecule has 6 nitrogen and oxygen atoms in total. The topological polar surface area (TPSA) is 90.0 Å². The Labute approximate surface area is 114 Å². The molecule has 0 aliphatic carbocycles. The molecule has 0 spiro atoms. The van der Waals surface area contributed by atoms with Gasteiger partial charge in [0.1, 0.15) is 0 Å². The number of hydrogen-bond donors (Lipinski definition) is 2. The van der Waals surface area contributed by atoms with Crippen molar-refractivity contribution in [1.82, 2.24) is 15.2 Å². The van der Waals surface area contributed by atoms with Crippen molar-refractivity contribution in [3.63, 3.8) is 0 Å². The minimum absolute atomic E-state index is 0.160. The lowest BCUT2D eigenvalue weighted by molar-refractivity contribution is 0.389. The number of sulfone groups is 1. The predicted molar refractivity (Wildman–Crippen MR) is 74.0 cm³/mol. The van der Waals surface area contributed by atoms with Crippen molar-refractivity contribution in [2.45, 2.75) is 31.7 Å². The summed E-state index contributed by atoms with van der Waals surface area (Å²) in [6.45, 7) is 0. The van der Waals surface area contributed by atoms with Gasteiger partial charge < -0.3 is 0 Å². The van der Waals surface area contributed by atoms with E-state index >= 15 is 0 Å². The molecule has 108 valence electrons. The van der Waals surface area contributed by atoms with E-state index in [9.17, 15) is 8.42 Å². The third-order valence-electron chi connectivity index (χ3n) is 3.85. The van der Waals surface area contributed by atoms with Crippen molar-refractivity contribution in [2.75, 3.05) is 11.5 Å². The molecule has 0 bridgehead atoms. The summed E-state index contributed by atoms with van der Waals surface area (Å²) in [4.78, 5) is 0. The van der Waals surface area contributed by atoms with Crippen LogP contribution in [0.25, 0.3) is 0 Å². The van der Waals surface area contributed by atoms with E-state index < -0.39 is 9.84 Å². The molecule has 19 heavy (non-hydrogen) atoms. The highest BCUT2D eigenvalue weighted by molar-refractivity contribution is 7.91. The lowest BCUT2D eigenvalue weighted by Crippen LogP contribution is -2.37. The molecule has 2 atom stereocenters. The van der Waals surface area contributed by atoms with Crippen LogP contribution in [0.15, 0.2) is 12.3 Å². The molecule has 1 aromatic heterocycles. The summed E-state index contributed by atoms with van der Waals surface area (Å²) < 4.78 is 24.7. The van der Waals surface area contributed by atoms with E-state index in [0.29, 0.717) is 11.5 Å². The van der Waals surface area contributed by atoms with Crippen LogP contribution in [0.4, 0.5) is 0 Å². The zero-order valence-corrected chi connectivity index (χ0v) is 12.1. The van der Waals surface area contributed by atoms with E-state index in [4.69, 9.17) is 5.84 Å². The Hall–Kier alpha value is -0.920. The van der Waals surface area contributed by atoms with Crippen molar-refractivity contribution in [3.05, 3.63) is 18.0 Å². The minimum atomic E-state index is -2.80. The number of rotatable bonds is 6. The Kier molecular flexibility index (Phi) is 4.59. The van der Waals surface area contributed by atoms with E-state index in [-0.39, 0.29) is 12.0 Å². The second-order valence-electron chi connectivity index (χ2n) is 5.35. The van der Waals surface area contributed by atoms with Crippen LogP contribution in [0.2, 0.25) is 0 Å². The molecule has 2 rings (SSSR count). The maximum absolute atomic E-state index is 11.4. The lowest BCUT2D eigenvalue weighted by Gasteiger charge is -2.19. The molecule has 0 radical (unpaired) electrons. The van der Waals surface area contributed by atoms with Crippen molar-refractivity contribution in [1.29, 1.82) is 0 Å². The Balaban J connectivity index is 1.82. The zero-order chi connectivity index (χ0) is 13.9. The molecule has 1 aromatic rings. The molecule has 1 saturated heterocycles.